The summed E-state index contributed by atoms with van der Waals surface area (Å²) in [7, 11) is 2.14. The molecule has 2 heteroatoms. The average molecular weight is 204 g/mol. The number of nitrogens with zero attached hydrogens (tertiary/aromatic N) is 1. The molecule has 0 unspecified atom stereocenters. The zero-order valence-corrected chi connectivity index (χ0v) is 9.66. The summed E-state index contributed by atoms with van der Waals surface area (Å²) in [5, 5.41) is 0. The highest BCUT2D eigenvalue weighted by Crippen LogP contribution is 2.30. The van der Waals surface area contributed by atoms with Gasteiger partial charge in [0.2, 0.25) is 0 Å². The highest BCUT2D eigenvalue weighted by atomic mass is 15.1. The number of hydrogen-bond acceptors (Lipinski definition) is 2. The van der Waals surface area contributed by atoms with Crippen molar-refractivity contribution in [1.82, 2.24) is 0 Å². The van der Waals surface area contributed by atoms with Gasteiger partial charge in [-0.1, -0.05) is 12.5 Å². The lowest BCUT2D eigenvalue weighted by molar-refractivity contribution is 0.321. The van der Waals surface area contributed by atoms with E-state index in [1.54, 1.807) is 0 Å². The summed E-state index contributed by atoms with van der Waals surface area (Å²) in [6.07, 6.45) is 4.17. The third-order valence-corrected chi connectivity index (χ3v) is 3.35. The van der Waals surface area contributed by atoms with Gasteiger partial charge in [0.15, 0.2) is 0 Å². The van der Waals surface area contributed by atoms with E-state index in [4.69, 9.17) is 5.73 Å². The molecule has 0 aromatic heterocycles. The van der Waals surface area contributed by atoms with Gasteiger partial charge in [0.05, 0.1) is 11.4 Å². The largest absolute Gasteiger partial charge is 0.397 e. The molecule has 1 aliphatic rings. The van der Waals surface area contributed by atoms with Crippen LogP contribution in [0.25, 0.3) is 0 Å². The van der Waals surface area contributed by atoms with Crippen LogP contribution in [0.1, 0.15) is 24.8 Å². The molecule has 2 N–H and O–H groups in total. The molecule has 1 aliphatic carbocycles. The fraction of sp³-hybridized carbons (Fsp3) is 0.538. The van der Waals surface area contributed by atoms with Crippen LogP contribution in [-0.4, -0.2) is 13.6 Å². The molecule has 0 saturated heterocycles. The van der Waals surface area contributed by atoms with E-state index in [1.165, 1.54) is 30.5 Å². The zero-order chi connectivity index (χ0) is 10.8. The second kappa shape index (κ2) is 4.13. The minimum atomic E-state index is 0.884. The Morgan fingerprint density at radius 3 is 2.73 bits per heavy atom. The van der Waals surface area contributed by atoms with E-state index in [1.807, 2.05) is 6.07 Å². The van der Waals surface area contributed by atoms with Crippen molar-refractivity contribution in [2.75, 3.05) is 24.2 Å². The molecule has 0 radical (unpaired) electrons. The van der Waals surface area contributed by atoms with Gasteiger partial charge in [-0.15, -0.1) is 0 Å². The number of hydrogen-bond donors (Lipinski definition) is 1. The van der Waals surface area contributed by atoms with Crippen LogP contribution in [0.2, 0.25) is 0 Å². The molecule has 2 rings (SSSR count). The van der Waals surface area contributed by atoms with Crippen LogP contribution in [-0.2, 0) is 0 Å². The van der Waals surface area contributed by atoms with Gasteiger partial charge in [0, 0.05) is 13.6 Å². The molecule has 0 aliphatic heterocycles. The van der Waals surface area contributed by atoms with Crippen LogP contribution in [0.3, 0.4) is 0 Å². The normalized spacial score (nSPS) is 16.1. The molecule has 2 nitrogen and oxygen atoms in total. The second-order valence-electron chi connectivity index (χ2n) is 4.74. The molecule has 82 valence electrons. The molecule has 15 heavy (non-hydrogen) atoms. The fourth-order valence-electron chi connectivity index (χ4n) is 2.15. The highest BCUT2D eigenvalue weighted by molar-refractivity contribution is 5.68. The summed E-state index contributed by atoms with van der Waals surface area (Å²) in [6, 6.07) is 6.24. The van der Waals surface area contributed by atoms with Crippen LogP contribution in [0.15, 0.2) is 18.2 Å². The lowest BCUT2D eigenvalue weighted by Crippen LogP contribution is -2.29. The minimum absolute atomic E-state index is 0.884. The molecule has 0 heterocycles. The Morgan fingerprint density at radius 1 is 1.40 bits per heavy atom. The van der Waals surface area contributed by atoms with Gasteiger partial charge in [-0.05, 0) is 43.4 Å². The Hall–Kier alpha value is -1.18. The molecule has 0 atom stereocenters. The number of anilines is 2. The summed E-state index contributed by atoms with van der Waals surface area (Å²) < 4.78 is 0. The van der Waals surface area contributed by atoms with E-state index in [-0.39, 0.29) is 0 Å². The van der Waals surface area contributed by atoms with Gasteiger partial charge in [-0.2, -0.15) is 0 Å². The van der Waals surface area contributed by atoms with Crippen LogP contribution in [0, 0.1) is 12.8 Å². The van der Waals surface area contributed by atoms with Gasteiger partial charge in [0.1, 0.15) is 0 Å². The summed E-state index contributed by atoms with van der Waals surface area (Å²) in [6.45, 7) is 3.26. The lowest BCUT2D eigenvalue weighted by Gasteiger charge is -2.32. The monoisotopic (exact) mass is 204 g/mol. The summed E-state index contributed by atoms with van der Waals surface area (Å²) >= 11 is 0. The number of nitrogens with two attached hydrogens (primary N) is 1. The van der Waals surface area contributed by atoms with E-state index in [0.717, 1.165) is 18.2 Å². The number of nitrogen functional groups attached to an aromatic ring is 1. The highest BCUT2D eigenvalue weighted by Gasteiger charge is 2.19. The standard InChI is InChI=1S/C13H20N2/c1-10-6-7-12(14)13(8-10)15(2)9-11-4-3-5-11/h6-8,11H,3-5,9,14H2,1-2H3. The van der Waals surface area contributed by atoms with Crippen LogP contribution >= 0.6 is 0 Å². The van der Waals surface area contributed by atoms with Crippen molar-refractivity contribution in [2.45, 2.75) is 26.2 Å². The topological polar surface area (TPSA) is 29.3 Å². The Morgan fingerprint density at radius 2 is 2.13 bits per heavy atom. The van der Waals surface area contributed by atoms with E-state index in [9.17, 15) is 0 Å². The fourth-order valence-corrected chi connectivity index (χ4v) is 2.15. The van der Waals surface area contributed by atoms with Crippen molar-refractivity contribution in [3.8, 4) is 0 Å². The van der Waals surface area contributed by atoms with Gasteiger partial charge in [0.25, 0.3) is 0 Å². The van der Waals surface area contributed by atoms with E-state index in [0.29, 0.717) is 0 Å². The summed E-state index contributed by atoms with van der Waals surface area (Å²) in [4.78, 5) is 2.30. The molecular weight excluding hydrogens is 184 g/mol. The van der Waals surface area contributed by atoms with E-state index in [2.05, 4.69) is 31.0 Å². The third kappa shape index (κ3) is 2.25. The predicted molar refractivity (Wildman–Crippen MR) is 66.2 cm³/mol. The number of rotatable bonds is 3. The quantitative estimate of drug-likeness (QED) is 0.767. The second-order valence-corrected chi connectivity index (χ2v) is 4.74. The minimum Gasteiger partial charge on any atom is -0.397 e. The van der Waals surface area contributed by atoms with Crippen molar-refractivity contribution >= 4 is 11.4 Å². The molecular formula is C13H20N2. The first-order chi connectivity index (χ1) is 7.16. The molecule has 1 saturated carbocycles. The first-order valence-corrected chi connectivity index (χ1v) is 5.74. The van der Waals surface area contributed by atoms with Crippen LogP contribution in [0.5, 0.6) is 0 Å². The molecule has 1 aromatic carbocycles. The zero-order valence-electron chi connectivity index (χ0n) is 9.66. The van der Waals surface area contributed by atoms with Gasteiger partial charge >= 0.3 is 0 Å². The average Bonchev–Trinajstić information content (AvgIpc) is 2.15. The Labute approximate surface area is 92.1 Å². The molecule has 0 amide bonds. The van der Waals surface area contributed by atoms with Crippen LogP contribution in [0.4, 0.5) is 11.4 Å². The van der Waals surface area contributed by atoms with Crippen molar-refractivity contribution in [3.05, 3.63) is 23.8 Å². The third-order valence-electron chi connectivity index (χ3n) is 3.35. The Balaban J connectivity index is 2.09. The first-order valence-electron chi connectivity index (χ1n) is 5.74. The maximum atomic E-state index is 5.98. The number of benzene rings is 1. The van der Waals surface area contributed by atoms with E-state index >= 15 is 0 Å². The smallest absolute Gasteiger partial charge is 0.0600 e. The van der Waals surface area contributed by atoms with E-state index < -0.39 is 0 Å². The van der Waals surface area contributed by atoms with Gasteiger partial charge in [-0.25, -0.2) is 0 Å². The SMILES string of the molecule is Cc1ccc(N)c(N(C)CC2CCC2)c1. The first kappa shape index (κ1) is 10.3. The van der Waals surface area contributed by atoms with Crippen molar-refractivity contribution < 1.29 is 0 Å². The molecule has 1 fully saturated rings. The number of aryl methyl sites for hydroxylation is 1. The van der Waals surface area contributed by atoms with Crippen molar-refractivity contribution in [3.63, 3.8) is 0 Å². The maximum absolute atomic E-state index is 5.98. The maximum Gasteiger partial charge on any atom is 0.0600 e. The van der Waals surface area contributed by atoms with Gasteiger partial charge in [-0.3, -0.25) is 0 Å². The molecule has 0 spiro atoms. The lowest BCUT2D eigenvalue weighted by atomic mass is 9.85. The Bertz CT molecular complexity index is 342. The molecule has 1 aromatic rings. The predicted octanol–water partition coefficient (Wildman–Crippen LogP) is 2.81. The van der Waals surface area contributed by atoms with Crippen LogP contribution < -0.4 is 10.6 Å². The summed E-state index contributed by atoms with van der Waals surface area (Å²) in [5.74, 6) is 0.884. The Kier molecular flexibility index (Phi) is 2.85. The summed E-state index contributed by atoms with van der Waals surface area (Å²) in [5.41, 5.74) is 9.33. The van der Waals surface area contributed by atoms with Crippen molar-refractivity contribution in [2.24, 2.45) is 5.92 Å². The van der Waals surface area contributed by atoms with Crippen molar-refractivity contribution in [1.29, 1.82) is 0 Å². The van der Waals surface area contributed by atoms with Gasteiger partial charge < -0.3 is 10.6 Å². The molecule has 0 bridgehead atoms.